The number of aromatic nitrogens is 2. The van der Waals surface area contributed by atoms with E-state index in [0.29, 0.717) is 17.1 Å². The van der Waals surface area contributed by atoms with Crippen LogP contribution in [0, 0.1) is 0 Å². The summed E-state index contributed by atoms with van der Waals surface area (Å²) in [5.41, 5.74) is 0.481. The maximum atomic E-state index is 11.6. The molecule has 0 fully saturated rings. The van der Waals surface area contributed by atoms with Gasteiger partial charge < -0.3 is 5.32 Å². The first-order valence-corrected chi connectivity index (χ1v) is 5.07. The van der Waals surface area contributed by atoms with Crippen molar-refractivity contribution in [2.45, 2.75) is 6.54 Å². The van der Waals surface area contributed by atoms with E-state index in [0.717, 1.165) is 17.7 Å². The molecule has 5 heteroatoms. The van der Waals surface area contributed by atoms with Crippen molar-refractivity contribution < 1.29 is 0 Å². The number of rotatable bonds is 0. The third-order valence-corrected chi connectivity index (χ3v) is 2.79. The molecule has 0 radical (unpaired) electrons. The summed E-state index contributed by atoms with van der Waals surface area (Å²) < 4.78 is 1.64. The lowest BCUT2D eigenvalue weighted by Gasteiger charge is -2.05. The molecule has 1 aliphatic heterocycles. The number of fused-ring (bicyclic) bond motifs is 3. The van der Waals surface area contributed by atoms with Gasteiger partial charge in [0.15, 0.2) is 0 Å². The highest BCUT2D eigenvalue weighted by atomic mass is 35.5. The van der Waals surface area contributed by atoms with E-state index in [1.165, 1.54) is 0 Å². The summed E-state index contributed by atoms with van der Waals surface area (Å²) >= 11 is 5.92. The number of hydrogen-bond acceptors (Lipinski definition) is 3. The van der Waals surface area contributed by atoms with Gasteiger partial charge in [-0.3, -0.25) is 4.57 Å². The Kier molecular flexibility index (Phi) is 1.73. The van der Waals surface area contributed by atoms with Crippen LogP contribution in [-0.2, 0) is 6.54 Å². The first-order chi connectivity index (χ1) is 7.25. The maximum absolute atomic E-state index is 11.6. The van der Waals surface area contributed by atoms with Gasteiger partial charge in [-0.2, -0.15) is 4.98 Å². The smallest absolute Gasteiger partial charge is 0.349 e. The summed E-state index contributed by atoms with van der Waals surface area (Å²) in [5, 5.41) is 4.73. The molecule has 0 amide bonds. The first kappa shape index (κ1) is 8.73. The van der Waals surface area contributed by atoms with Gasteiger partial charge in [0.05, 0.1) is 5.52 Å². The van der Waals surface area contributed by atoms with Crippen molar-refractivity contribution in [2.75, 3.05) is 11.9 Å². The second kappa shape index (κ2) is 2.97. The Morgan fingerprint density at radius 3 is 3.20 bits per heavy atom. The molecule has 0 saturated heterocycles. The van der Waals surface area contributed by atoms with E-state index in [1.807, 2.05) is 6.07 Å². The molecule has 4 nitrogen and oxygen atoms in total. The molecule has 2 heterocycles. The van der Waals surface area contributed by atoms with Gasteiger partial charge in [-0.1, -0.05) is 11.6 Å². The minimum Gasteiger partial charge on any atom is -0.369 e. The van der Waals surface area contributed by atoms with Crippen LogP contribution in [0.3, 0.4) is 0 Å². The van der Waals surface area contributed by atoms with Crippen LogP contribution in [0.4, 0.5) is 5.82 Å². The van der Waals surface area contributed by atoms with E-state index in [4.69, 9.17) is 11.6 Å². The molecule has 1 N–H and O–H groups in total. The lowest BCUT2D eigenvalue weighted by Crippen LogP contribution is -2.20. The van der Waals surface area contributed by atoms with Gasteiger partial charge in [-0.25, -0.2) is 4.79 Å². The number of anilines is 1. The molecule has 1 aromatic heterocycles. The van der Waals surface area contributed by atoms with Gasteiger partial charge in [0.2, 0.25) is 0 Å². The summed E-state index contributed by atoms with van der Waals surface area (Å²) in [6, 6.07) is 5.33. The van der Waals surface area contributed by atoms with Crippen molar-refractivity contribution in [1.82, 2.24) is 9.55 Å². The number of nitrogens with one attached hydrogen (secondary N) is 1. The molecule has 1 aromatic carbocycles. The average Bonchev–Trinajstić information content (AvgIpc) is 2.69. The van der Waals surface area contributed by atoms with Crippen molar-refractivity contribution in [3.8, 4) is 0 Å². The Bertz CT molecular complexity index is 605. The fourth-order valence-corrected chi connectivity index (χ4v) is 2.06. The third-order valence-electron chi connectivity index (χ3n) is 2.56. The van der Waals surface area contributed by atoms with Crippen molar-refractivity contribution in [2.24, 2.45) is 0 Å². The average molecular weight is 222 g/mol. The number of benzene rings is 1. The highest BCUT2D eigenvalue weighted by molar-refractivity contribution is 6.31. The molecule has 0 bridgehead atoms. The Hall–Kier alpha value is -1.55. The predicted molar refractivity (Wildman–Crippen MR) is 59.5 cm³/mol. The summed E-state index contributed by atoms with van der Waals surface area (Å²) in [5.74, 6) is 0.826. The summed E-state index contributed by atoms with van der Waals surface area (Å²) in [6.45, 7) is 1.44. The van der Waals surface area contributed by atoms with Gasteiger partial charge in [-0.05, 0) is 18.2 Å². The lowest BCUT2D eigenvalue weighted by atomic mass is 10.2. The van der Waals surface area contributed by atoms with E-state index < -0.39 is 0 Å². The number of hydrogen-bond donors (Lipinski definition) is 1. The molecule has 0 atom stereocenters. The zero-order valence-corrected chi connectivity index (χ0v) is 8.58. The fraction of sp³-hybridized carbons (Fsp3) is 0.200. The minimum atomic E-state index is -0.204. The van der Waals surface area contributed by atoms with Crippen LogP contribution in [-0.4, -0.2) is 16.1 Å². The Morgan fingerprint density at radius 1 is 1.47 bits per heavy atom. The van der Waals surface area contributed by atoms with Gasteiger partial charge >= 0.3 is 5.69 Å². The van der Waals surface area contributed by atoms with E-state index in [9.17, 15) is 4.79 Å². The zero-order valence-electron chi connectivity index (χ0n) is 7.83. The van der Waals surface area contributed by atoms with E-state index in [2.05, 4.69) is 10.3 Å². The monoisotopic (exact) mass is 221 g/mol. The van der Waals surface area contributed by atoms with Crippen molar-refractivity contribution in [3.63, 3.8) is 0 Å². The van der Waals surface area contributed by atoms with Crippen LogP contribution in [0.25, 0.3) is 10.9 Å². The van der Waals surface area contributed by atoms with Crippen LogP contribution in [0.15, 0.2) is 23.0 Å². The standard InChI is InChI=1S/C10H8ClN3O/c11-6-1-2-8-7(5-6)9-12-3-4-14(9)10(15)13-8/h1-2,5,12H,3-4H2. The highest BCUT2D eigenvalue weighted by Crippen LogP contribution is 2.25. The van der Waals surface area contributed by atoms with Crippen LogP contribution in [0.2, 0.25) is 5.02 Å². The molecule has 1 aliphatic rings. The van der Waals surface area contributed by atoms with Crippen molar-refractivity contribution in [1.29, 1.82) is 0 Å². The molecule has 0 spiro atoms. The van der Waals surface area contributed by atoms with E-state index >= 15 is 0 Å². The summed E-state index contributed by atoms with van der Waals surface area (Å²) in [6.07, 6.45) is 0. The lowest BCUT2D eigenvalue weighted by molar-refractivity contribution is 0.750. The third kappa shape index (κ3) is 1.22. The van der Waals surface area contributed by atoms with Gasteiger partial charge in [0.25, 0.3) is 0 Å². The van der Waals surface area contributed by atoms with Crippen LogP contribution >= 0.6 is 11.6 Å². The Morgan fingerprint density at radius 2 is 2.33 bits per heavy atom. The molecule has 76 valence electrons. The van der Waals surface area contributed by atoms with E-state index in [-0.39, 0.29) is 5.69 Å². The molecular formula is C10H8ClN3O. The molecule has 2 aromatic rings. The van der Waals surface area contributed by atoms with Gasteiger partial charge in [-0.15, -0.1) is 0 Å². The summed E-state index contributed by atoms with van der Waals surface area (Å²) in [4.78, 5) is 15.6. The number of nitrogens with zero attached hydrogens (tertiary/aromatic N) is 2. The minimum absolute atomic E-state index is 0.204. The second-order valence-electron chi connectivity index (χ2n) is 3.48. The molecule has 3 rings (SSSR count). The molecular weight excluding hydrogens is 214 g/mol. The zero-order chi connectivity index (χ0) is 10.4. The Balaban J connectivity index is 2.49. The van der Waals surface area contributed by atoms with Gasteiger partial charge in [0.1, 0.15) is 5.82 Å². The molecule has 0 unspecified atom stereocenters. The molecule has 0 saturated carbocycles. The Labute approximate surface area is 90.5 Å². The quantitative estimate of drug-likeness (QED) is 0.733. The van der Waals surface area contributed by atoms with Gasteiger partial charge in [0, 0.05) is 23.5 Å². The van der Waals surface area contributed by atoms with Crippen molar-refractivity contribution >= 4 is 28.3 Å². The fourth-order valence-electron chi connectivity index (χ4n) is 1.88. The molecule has 0 aliphatic carbocycles. The van der Waals surface area contributed by atoms with Crippen LogP contribution in [0.5, 0.6) is 0 Å². The van der Waals surface area contributed by atoms with Crippen LogP contribution < -0.4 is 11.0 Å². The molecule has 15 heavy (non-hydrogen) atoms. The van der Waals surface area contributed by atoms with Crippen LogP contribution in [0.1, 0.15) is 0 Å². The SMILES string of the molecule is O=c1nc2ccc(Cl)cc2c2n1CCN2. The largest absolute Gasteiger partial charge is 0.369 e. The van der Waals surface area contributed by atoms with E-state index in [1.54, 1.807) is 16.7 Å². The highest BCUT2D eigenvalue weighted by Gasteiger charge is 2.15. The maximum Gasteiger partial charge on any atom is 0.349 e. The topological polar surface area (TPSA) is 46.9 Å². The predicted octanol–water partition coefficient (Wildman–Crippen LogP) is 1.48. The normalized spacial score (nSPS) is 13.9. The first-order valence-electron chi connectivity index (χ1n) is 4.70. The number of halogens is 1. The second-order valence-corrected chi connectivity index (χ2v) is 3.92. The van der Waals surface area contributed by atoms with Crippen molar-refractivity contribution in [3.05, 3.63) is 33.7 Å². The summed E-state index contributed by atoms with van der Waals surface area (Å²) in [7, 11) is 0.